The molecule has 196 valence electrons. The number of piperazine rings is 1. The van der Waals surface area contributed by atoms with Crippen LogP contribution in [0.15, 0.2) is 85.1 Å². The zero-order valence-electron chi connectivity index (χ0n) is 22.6. The number of imide groups is 1. The Kier molecular flexibility index (Phi) is 7.80. The van der Waals surface area contributed by atoms with Gasteiger partial charge < -0.3 is 9.74 Å². The fourth-order valence-electron chi connectivity index (χ4n) is 5.06. The molecule has 1 atom stereocenters. The van der Waals surface area contributed by atoms with Crippen LogP contribution in [-0.4, -0.2) is 31.7 Å². The van der Waals surface area contributed by atoms with Crippen LogP contribution in [0.4, 0.5) is 0 Å². The molecule has 7 heteroatoms. The Morgan fingerprint density at radius 1 is 0.974 bits per heavy atom. The normalized spacial score (nSPS) is 16.1. The average molecular weight is 527 g/mol. The van der Waals surface area contributed by atoms with Crippen LogP contribution in [0.2, 0.25) is 0 Å². The van der Waals surface area contributed by atoms with Crippen molar-refractivity contribution in [1.29, 1.82) is 0 Å². The number of carbonyl (C=O) groups is 3. The minimum absolute atomic E-state index is 0.146. The van der Waals surface area contributed by atoms with Gasteiger partial charge in [-0.25, -0.2) is 4.90 Å². The largest absolute Gasteiger partial charge is 0.407 e. The summed E-state index contributed by atoms with van der Waals surface area (Å²) in [7, 11) is -2.08. The van der Waals surface area contributed by atoms with Crippen LogP contribution in [-0.2, 0) is 30.8 Å². The zero-order valence-corrected chi connectivity index (χ0v) is 23.7. The van der Waals surface area contributed by atoms with Crippen molar-refractivity contribution in [2.24, 2.45) is 0 Å². The van der Waals surface area contributed by atoms with E-state index in [0.717, 1.165) is 32.0 Å². The molecule has 1 N–H and O–H groups in total. The van der Waals surface area contributed by atoms with Crippen molar-refractivity contribution in [1.82, 2.24) is 10.2 Å². The second kappa shape index (κ2) is 10.9. The van der Waals surface area contributed by atoms with Crippen molar-refractivity contribution >= 4 is 37.1 Å². The zero-order chi connectivity index (χ0) is 27.6. The first-order valence-electron chi connectivity index (χ1n) is 12.7. The fourth-order valence-corrected chi connectivity index (χ4v) is 7.30. The molecular weight excluding hydrogens is 492 g/mol. The van der Waals surface area contributed by atoms with Crippen LogP contribution in [0.1, 0.15) is 56.0 Å². The van der Waals surface area contributed by atoms with E-state index in [-0.39, 0.29) is 17.7 Å². The van der Waals surface area contributed by atoms with Crippen molar-refractivity contribution < 1.29 is 18.8 Å². The summed E-state index contributed by atoms with van der Waals surface area (Å²) in [5, 5.41) is 5.06. The molecule has 6 nitrogen and oxygen atoms in total. The van der Waals surface area contributed by atoms with Gasteiger partial charge in [-0.05, 0) is 45.0 Å². The molecule has 1 fully saturated rings. The second-order valence-corrected chi connectivity index (χ2v) is 13.0. The molecule has 1 heterocycles. The molecule has 3 aromatic carbocycles. The van der Waals surface area contributed by atoms with E-state index in [4.69, 9.17) is 4.43 Å². The smallest absolute Gasteiger partial charge is 0.268 e. The lowest BCUT2D eigenvalue weighted by molar-refractivity contribution is -0.148. The lowest BCUT2D eigenvalue weighted by Gasteiger charge is -2.34. The molecule has 3 amide bonds. The molecule has 3 aromatic rings. The van der Waals surface area contributed by atoms with E-state index in [1.165, 1.54) is 6.92 Å². The first-order chi connectivity index (χ1) is 18.0. The number of rotatable bonds is 6. The number of hydrogen-bond acceptors (Lipinski definition) is 4. The van der Waals surface area contributed by atoms with Gasteiger partial charge in [-0.3, -0.25) is 14.4 Å². The second-order valence-electron chi connectivity index (χ2n) is 10.6. The number of nitrogens with one attached hydrogen (secondary N) is 1. The molecule has 0 spiro atoms. The molecular formula is C31H34N2O4Si. The summed E-state index contributed by atoms with van der Waals surface area (Å²) in [6.45, 7) is 13.6. The fraction of sp³-hybridized carbons (Fsp3) is 0.258. The van der Waals surface area contributed by atoms with E-state index < -0.39 is 32.8 Å². The molecule has 38 heavy (non-hydrogen) atoms. The Balaban J connectivity index is 1.80. The van der Waals surface area contributed by atoms with Crippen LogP contribution in [0.5, 0.6) is 0 Å². The molecule has 0 bridgehead atoms. The van der Waals surface area contributed by atoms with Crippen molar-refractivity contribution in [3.8, 4) is 0 Å². The van der Waals surface area contributed by atoms with Gasteiger partial charge >= 0.3 is 0 Å². The van der Waals surface area contributed by atoms with Crippen molar-refractivity contribution in [3.05, 3.63) is 107 Å². The van der Waals surface area contributed by atoms with E-state index in [2.05, 4.69) is 56.9 Å². The van der Waals surface area contributed by atoms with Gasteiger partial charge in [0.2, 0.25) is 14.9 Å². The Hall–Kier alpha value is -3.81. The molecule has 1 aliphatic heterocycles. The van der Waals surface area contributed by atoms with Gasteiger partial charge in [0.05, 0.1) is 6.61 Å². The van der Waals surface area contributed by atoms with E-state index in [1.54, 1.807) is 0 Å². The lowest BCUT2D eigenvalue weighted by Crippen LogP contribution is -2.53. The Labute approximate surface area is 226 Å². The highest BCUT2D eigenvalue weighted by atomic mass is 28.3. The SMILES string of the molecule is C=C1C(=O)NC(c2ccc(C(C)(C)C)c(C)c2CO[SiH](c2ccccc2)c2ccccc2)C(=O)N1C(C)=O. The monoisotopic (exact) mass is 526 g/mol. The van der Waals surface area contributed by atoms with Crippen molar-refractivity contribution in [3.63, 3.8) is 0 Å². The molecule has 1 unspecified atom stereocenters. The summed E-state index contributed by atoms with van der Waals surface area (Å²) < 4.78 is 6.75. The third kappa shape index (κ3) is 5.39. The molecule has 1 aliphatic rings. The maximum Gasteiger partial charge on any atom is 0.268 e. The molecule has 4 rings (SSSR count). The summed E-state index contributed by atoms with van der Waals surface area (Å²) in [5.74, 6) is -1.61. The number of benzene rings is 3. The number of nitrogens with zero attached hydrogens (tertiary/aromatic N) is 1. The van der Waals surface area contributed by atoms with E-state index in [9.17, 15) is 14.4 Å². The van der Waals surface area contributed by atoms with E-state index in [0.29, 0.717) is 5.56 Å². The topological polar surface area (TPSA) is 75.7 Å². The summed E-state index contributed by atoms with van der Waals surface area (Å²) in [4.78, 5) is 39.3. The van der Waals surface area contributed by atoms with Gasteiger partial charge in [-0.15, -0.1) is 0 Å². The predicted molar refractivity (Wildman–Crippen MR) is 152 cm³/mol. The van der Waals surface area contributed by atoms with E-state index in [1.807, 2.05) is 55.5 Å². The van der Waals surface area contributed by atoms with Gasteiger partial charge in [-0.1, -0.05) is 100 Å². The summed E-state index contributed by atoms with van der Waals surface area (Å²) in [6, 6.07) is 23.2. The van der Waals surface area contributed by atoms with Crippen LogP contribution in [0.25, 0.3) is 0 Å². The number of carbonyl (C=O) groups excluding carboxylic acids is 3. The standard InChI is InChI=1S/C31H34N2O4Si/c1-20-26(19-37-38(23-13-9-7-10-14-23)24-15-11-8-12-16-24)25(17-18-27(20)31(4,5)6)28-30(36)33(22(3)34)21(2)29(35)32-28/h7-18,28,38H,2,19H2,1,3-6H3,(H,32,35). The van der Waals surface area contributed by atoms with Crippen molar-refractivity contribution in [2.45, 2.75) is 52.7 Å². The quantitative estimate of drug-likeness (QED) is 0.395. The highest BCUT2D eigenvalue weighted by Gasteiger charge is 2.40. The number of hydrogen-bond donors (Lipinski definition) is 1. The molecule has 0 aliphatic carbocycles. The van der Waals surface area contributed by atoms with Crippen LogP contribution >= 0.6 is 0 Å². The van der Waals surface area contributed by atoms with Gasteiger partial charge in [0.25, 0.3) is 11.8 Å². The molecule has 1 saturated heterocycles. The number of amides is 3. The Morgan fingerprint density at radius 2 is 1.53 bits per heavy atom. The lowest BCUT2D eigenvalue weighted by atomic mass is 9.80. The maximum absolute atomic E-state index is 13.4. The Morgan fingerprint density at radius 3 is 2.03 bits per heavy atom. The van der Waals surface area contributed by atoms with Gasteiger partial charge in [0, 0.05) is 6.92 Å². The third-order valence-electron chi connectivity index (χ3n) is 6.94. The first-order valence-corrected chi connectivity index (χ1v) is 14.3. The van der Waals surface area contributed by atoms with Crippen LogP contribution in [0.3, 0.4) is 0 Å². The molecule has 0 aromatic heterocycles. The van der Waals surface area contributed by atoms with Crippen LogP contribution < -0.4 is 15.7 Å². The average Bonchev–Trinajstić information content (AvgIpc) is 2.87. The van der Waals surface area contributed by atoms with E-state index >= 15 is 0 Å². The molecule has 0 radical (unpaired) electrons. The minimum Gasteiger partial charge on any atom is -0.407 e. The summed E-state index contributed by atoms with van der Waals surface area (Å²) >= 11 is 0. The third-order valence-corrected chi connectivity index (χ3v) is 9.42. The first kappa shape index (κ1) is 27.2. The highest BCUT2D eigenvalue weighted by Crippen LogP contribution is 2.34. The minimum atomic E-state index is -2.08. The summed E-state index contributed by atoms with van der Waals surface area (Å²) in [5.41, 5.74) is 3.29. The van der Waals surface area contributed by atoms with Gasteiger partial charge in [0.15, 0.2) is 0 Å². The summed E-state index contributed by atoms with van der Waals surface area (Å²) in [6.07, 6.45) is 0. The van der Waals surface area contributed by atoms with Gasteiger partial charge in [-0.2, -0.15) is 0 Å². The molecule has 0 saturated carbocycles. The van der Waals surface area contributed by atoms with Crippen molar-refractivity contribution in [2.75, 3.05) is 0 Å². The van der Waals surface area contributed by atoms with Crippen LogP contribution in [0, 0.1) is 6.92 Å². The highest BCUT2D eigenvalue weighted by molar-refractivity contribution is 6.80. The van der Waals surface area contributed by atoms with Gasteiger partial charge in [0.1, 0.15) is 11.7 Å². The maximum atomic E-state index is 13.4. The predicted octanol–water partition coefficient (Wildman–Crippen LogP) is 3.41. The Bertz CT molecular complexity index is 1340.